The summed E-state index contributed by atoms with van der Waals surface area (Å²) < 4.78 is 0. The number of rotatable bonds is 2. The molecule has 1 aliphatic rings. The molecule has 0 aliphatic carbocycles. The molecule has 0 aromatic rings. The van der Waals surface area contributed by atoms with Gasteiger partial charge in [-0.2, -0.15) is 0 Å². The summed E-state index contributed by atoms with van der Waals surface area (Å²) in [5.41, 5.74) is 0.495. The monoisotopic (exact) mass is 122 g/mol. The van der Waals surface area contributed by atoms with E-state index in [9.17, 15) is 9.59 Å². The van der Waals surface area contributed by atoms with Gasteiger partial charge in [0.05, 0.1) is 18.3 Å². The normalized spacial score (nSPS) is 16.0. The average Bonchev–Trinajstić information content (AvgIpc) is 2.17. The fourth-order valence-corrected chi connectivity index (χ4v) is 0.556. The second-order valence-electron chi connectivity index (χ2n) is 1.62. The Morgan fingerprint density at radius 1 is 1.67 bits per heavy atom. The molecule has 0 unspecified atom stereocenters. The van der Waals surface area contributed by atoms with Gasteiger partial charge in [-0.05, 0) is 0 Å². The van der Waals surface area contributed by atoms with E-state index in [0.717, 1.165) is 0 Å². The largest absolute Gasteiger partial charge is 0.290 e. The van der Waals surface area contributed by atoms with Crippen molar-refractivity contribution < 1.29 is 9.59 Å². The highest BCUT2D eigenvalue weighted by atomic mass is 16.1. The molecule has 0 aromatic heterocycles. The van der Waals surface area contributed by atoms with E-state index in [2.05, 4.69) is 4.99 Å². The molecular weight excluding hydrogens is 118 g/mol. The molecule has 1 radical (unpaired) electrons. The Morgan fingerprint density at radius 2 is 2.44 bits per heavy atom. The van der Waals surface area contributed by atoms with E-state index >= 15 is 0 Å². The van der Waals surface area contributed by atoms with Crippen LogP contribution in [0.2, 0.25) is 0 Å². The zero-order chi connectivity index (χ0) is 6.69. The zero-order valence-corrected chi connectivity index (χ0v) is 4.63. The first-order chi connectivity index (χ1) is 4.33. The van der Waals surface area contributed by atoms with Gasteiger partial charge in [0.25, 0.3) is 0 Å². The first-order valence-electron chi connectivity index (χ1n) is 2.46. The molecule has 0 spiro atoms. The highest BCUT2D eigenvalue weighted by molar-refractivity contribution is 6.35. The van der Waals surface area contributed by atoms with Crippen LogP contribution in [-0.4, -0.2) is 18.3 Å². The van der Waals surface area contributed by atoms with Crippen LogP contribution < -0.4 is 0 Å². The Morgan fingerprint density at radius 3 is 2.89 bits per heavy atom. The Balaban J connectivity index is 2.63. The van der Waals surface area contributed by atoms with Crippen molar-refractivity contribution in [2.24, 2.45) is 4.99 Å². The third-order valence-electron chi connectivity index (χ3n) is 0.920. The van der Waals surface area contributed by atoms with Crippen molar-refractivity contribution in [3.8, 4) is 0 Å². The minimum atomic E-state index is -0.153. The SMILES string of the molecule is O=[C]CC1=CC(=O)C=N1. The summed E-state index contributed by atoms with van der Waals surface area (Å²) in [6.07, 6.45) is 4.27. The smallest absolute Gasteiger partial charge is 0.204 e. The Hall–Kier alpha value is -1.25. The zero-order valence-electron chi connectivity index (χ0n) is 4.63. The lowest BCUT2D eigenvalue weighted by atomic mass is 10.3. The number of allylic oxidation sites excluding steroid dienone is 2. The van der Waals surface area contributed by atoms with Crippen molar-refractivity contribution in [2.75, 3.05) is 0 Å². The van der Waals surface area contributed by atoms with Crippen molar-refractivity contribution in [1.29, 1.82) is 0 Å². The van der Waals surface area contributed by atoms with E-state index in [4.69, 9.17) is 0 Å². The van der Waals surface area contributed by atoms with Crippen LogP contribution in [-0.2, 0) is 9.59 Å². The van der Waals surface area contributed by atoms with Crippen LogP contribution in [0.15, 0.2) is 16.8 Å². The van der Waals surface area contributed by atoms with Gasteiger partial charge in [0.2, 0.25) is 6.29 Å². The summed E-state index contributed by atoms with van der Waals surface area (Å²) in [6.45, 7) is 0. The number of hydrogen-bond acceptors (Lipinski definition) is 3. The highest BCUT2D eigenvalue weighted by Gasteiger charge is 2.04. The topological polar surface area (TPSA) is 46.5 Å². The lowest BCUT2D eigenvalue weighted by Gasteiger charge is -1.81. The van der Waals surface area contributed by atoms with Crippen LogP contribution in [0.4, 0.5) is 0 Å². The van der Waals surface area contributed by atoms with E-state index < -0.39 is 0 Å². The summed E-state index contributed by atoms with van der Waals surface area (Å²) in [6, 6.07) is 0. The Labute approximate surface area is 52.1 Å². The minimum absolute atomic E-state index is 0.113. The third kappa shape index (κ3) is 1.32. The molecule has 0 saturated heterocycles. The van der Waals surface area contributed by atoms with Gasteiger partial charge in [0, 0.05) is 6.08 Å². The minimum Gasteiger partial charge on any atom is -0.290 e. The van der Waals surface area contributed by atoms with E-state index in [0.29, 0.717) is 5.70 Å². The first-order valence-corrected chi connectivity index (χ1v) is 2.46. The average molecular weight is 122 g/mol. The van der Waals surface area contributed by atoms with Crippen molar-refractivity contribution in [2.45, 2.75) is 6.42 Å². The molecule has 0 amide bonds. The van der Waals surface area contributed by atoms with Crippen molar-refractivity contribution in [3.05, 3.63) is 11.8 Å². The molecule has 0 N–H and O–H groups in total. The van der Waals surface area contributed by atoms with E-state index in [-0.39, 0.29) is 12.2 Å². The second-order valence-corrected chi connectivity index (χ2v) is 1.62. The molecule has 45 valence electrons. The van der Waals surface area contributed by atoms with E-state index in [1.54, 1.807) is 6.29 Å². The van der Waals surface area contributed by atoms with Gasteiger partial charge in [-0.3, -0.25) is 14.6 Å². The van der Waals surface area contributed by atoms with Gasteiger partial charge in [-0.15, -0.1) is 0 Å². The molecule has 3 nitrogen and oxygen atoms in total. The lowest BCUT2D eigenvalue weighted by molar-refractivity contribution is -0.108. The summed E-state index contributed by atoms with van der Waals surface area (Å²) in [5.74, 6) is -0.153. The number of aliphatic imine (C=N–C) groups is 1. The molecule has 1 aliphatic heterocycles. The van der Waals surface area contributed by atoms with Gasteiger partial charge < -0.3 is 0 Å². The first kappa shape index (κ1) is 5.88. The van der Waals surface area contributed by atoms with Crippen molar-refractivity contribution >= 4 is 18.3 Å². The molecule has 0 saturated carbocycles. The van der Waals surface area contributed by atoms with Crippen molar-refractivity contribution in [1.82, 2.24) is 0 Å². The quantitative estimate of drug-likeness (QED) is 0.518. The molecule has 1 rings (SSSR count). The number of ketones is 1. The van der Waals surface area contributed by atoms with Gasteiger partial charge in [0.1, 0.15) is 0 Å². The Kier molecular flexibility index (Phi) is 1.53. The third-order valence-corrected chi connectivity index (χ3v) is 0.920. The van der Waals surface area contributed by atoms with Gasteiger partial charge in [-0.1, -0.05) is 0 Å². The number of carbonyl (C=O) groups is 1. The molecule has 3 heteroatoms. The molecule has 0 bridgehead atoms. The van der Waals surface area contributed by atoms with Gasteiger partial charge in [-0.25, -0.2) is 0 Å². The second kappa shape index (κ2) is 2.35. The van der Waals surface area contributed by atoms with Crippen molar-refractivity contribution in [3.63, 3.8) is 0 Å². The van der Waals surface area contributed by atoms with Gasteiger partial charge >= 0.3 is 0 Å². The van der Waals surface area contributed by atoms with Crippen LogP contribution >= 0.6 is 0 Å². The van der Waals surface area contributed by atoms with E-state index in [1.807, 2.05) is 0 Å². The Bertz CT molecular complexity index is 203. The maximum absolute atomic E-state index is 10.4. The van der Waals surface area contributed by atoms with Crippen LogP contribution in [0.5, 0.6) is 0 Å². The molecule has 1 heterocycles. The number of hydrogen-bond donors (Lipinski definition) is 0. The lowest BCUT2D eigenvalue weighted by Crippen LogP contribution is -1.85. The molecular formula is C6H4NO2. The molecule has 0 atom stereocenters. The number of nitrogens with zero attached hydrogens (tertiary/aromatic N) is 1. The van der Waals surface area contributed by atoms with Crippen LogP contribution in [0.25, 0.3) is 0 Å². The predicted octanol–water partition coefficient (Wildman–Crippen LogP) is 0.0236. The van der Waals surface area contributed by atoms with Crippen LogP contribution in [0.3, 0.4) is 0 Å². The molecule has 0 fully saturated rings. The van der Waals surface area contributed by atoms with E-state index in [1.165, 1.54) is 12.3 Å². The van der Waals surface area contributed by atoms with Crippen LogP contribution in [0.1, 0.15) is 6.42 Å². The standard InChI is InChI=1S/C6H4NO2/c8-2-1-5-3-6(9)4-7-5/h3-4H,1H2. The maximum Gasteiger partial charge on any atom is 0.204 e. The summed E-state index contributed by atoms with van der Waals surface area (Å²) in [7, 11) is 0. The highest BCUT2D eigenvalue weighted by Crippen LogP contribution is 2.04. The number of carbonyl (C=O) groups excluding carboxylic acids is 2. The fourth-order valence-electron chi connectivity index (χ4n) is 0.556. The maximum atomic E-state index is 10.4. The summed E-state index contributed by atoms with van der Waals surface area (Å²) in [5, 5.41) is 0. The molecule has 0 aromatic carbocycles. The van der Waals surface area contributed by atoms with Crippen LogP contribution in [0, 0.1) is 0 Å². The summed E-state index contributed by atoms with van der Waals surface area (Å²) >= 11 is 0. The predicted molar refractivity (Wildman–Crippen MR) is 31.9 cm³/mol. The summed E-state index contributed by atoms with van der Waals surface area (Å²) in [4.78, 5) is 23.7. The van der Waals surface area contributed by atoms with Gasteiger partial charge in [0.15, 0.2) is 5.78 Å². The molecule has 9 heavy (non-hydrogen) atoms. The fraction of sp³-hybridized carbons (Fsp3) is 0.167.